The van der Waals surface area contributed by atoms with E-state index in [9.17, 15) is 14.0 Å². The van der Waals surface area contributed by atoms with Crippen LogP contribution in [0.15, 0.2) is 58.8 Å². The highest BCUT2D eigenvalue weighted by atomic mass is 32.2. The first-order valence-electron chi connectivity index (χ1n) is 9.93. The van der Waals surface area contributed by atoms with Crippen molar-refractivity contribution in [1.29, 1.82) is 0 Å². The van der Waals surface area contributed by atoms with Gasteiger partial charge in [0.05, 0.1) is 11.6 Å². The van der Waals surface area contributed by atoms with E-state index in [4.69, 9.17) is 9.47 Å². The van der Waals surface area contributed by atoms with Crippen LogP contribution in [0.1, 0.15) is 6.42 Å². The van der Waals surface area contributed by atoms with Crippen LogP contribution in [0.3, 0.4) is 0 Å². The van der Waals surface area contributed by atoms with Crippen LogP contribution in [-0.2, 0) is 16.6 Å². The lowest BCUT2D eigenvalue weighted by atomic mass is 10.1. The lowest BCUT2D eigenvalue weighted by Crippen LogP contribution is -2.28. The SMILES string of the molecule is Cn1ccnc1Sc1ccc(F)cc1NC(=O)C1CC(=O)N(c2ccc3c(c2)OCO3)C1. The van der Waals surface area contributed by atoms with Crippen molar-refractivity contribution in [3.05, 3.63) is 54.6 Å². The Kier molecular flexibility index (Phi) is 5.22. The molecule has 1 saturated heterocycles. The minimum atomic E-state index is -0.567. The number of carbonyl (C=O) groups excluding carboxylic acids is 2. The second kappa shape index (κ2) is 8.19. The maximum absolute atomic E-state index is 13.9. The molecule has 0 spiro atoms. The van der Waals surface area contributed by atoms with Crippen LogP contribution in [0, 0.1) is 11.7 Å². The molecule has 2 amide bonds. The Morgan fingerprint density at radius 2 is 2.06 bits per heavy atom. The highest BCUT2D eigenvalue weighted by Crippen LogP contribution is 2.38. The Labute approximate surface area is 187 Å². The van der Waals surface area contributed by atoms with E-state index in [-0.39, 0.29) is 31.6 Å². The Balaban J connectivity index is 1.32. The van der Waals surface area contributed by atoms with Gasteiger partial charge in [-0.05, 0) is 42.1 Å². The van der Waals surface area contributed by atoms with Gasteiger partial charge < -0.3 is 24.3 Å². The molecule has 3 aromatic rings. The molecule has 2 aliphatic heterocycles. The monoisotopic (exact) mass is 454 g/mol. The van der Waals surface area contributed by atoms with Crippen molar-refractivity contribution < 1.29 is 23.5 Å². The molecule has 1 fully saturated rings. The van der Waals surface area contributed by atoms with Gasteiger partial charge in [-0.25, -0.2) is 9.37 Å². The van der Waals surface area contributed by atoms with Crippen molar-refractivity contribution >= 4 is 35.0 Å². The van der Waals surface area contributed by atoms with Gasteiger partial charge in [0.1, 0.15) is 5.82 Å². The van der Waals surface area contributed by atoms with Crippen molar-refractivity contribution in [2.45, 2.75) is 16.5 Å². The zero-order chi connectivity index (χ0) is 22.2. The Morgan fingerprint density at radius 1 is 1.22 bits per heavy atom. The fourth-order valence-electron chi connectivity index (χ4n) is 3.66. The van der Waals surface area contributed by atoms with Crippen molar-refractivity contribution in [2.75, 3.05) is 23.6 Å². The largest absolute Gasteiger partial charge is 0.454 e. The molecule has 1 atom stereocenters. The molecule has 5 rings (SSSR count). The van der Waals surface area contributed by atoms with Crippen LogP contribution in [0.4, 0.5) is 15.8 Å². The van der Waals surface area contributed by atoms with Gasteiger partial charge in [-0.3, -0.25) is 9.59 Å². The van der Waals surface area contributed by atoms with Crippen LogP contribution in [0.2, 0.25) is 0 Å². The maximum atomic E-state index is 13.9. The number of hydrogen-bond acceptors (Lipinski definition) is 6. The second-order valence-corrected chi connectivity index (χ2v) is 8.50. The summed E-state index contributed by atoms with van der Waals surface area (Å²) >= 11 is 1.32. The van der Waals surface area contributed by atoms with Crippen LogP contribution >= 0.6 is 11.8 Å². The predicted octanol–water partition coefficient (Wildman–Crippen LogP) is 3.43. The Hall–Kier alpha value is -3.53. The number of carbonyl (C=O) groups is 2. The molecular weight excluding hydrogens is 435 g/mol. The summed E-state index contributed by atoms with van der Waals surface area (Å²) in [6, 6.07) is 9.45. The first-order chi connectivity index (χ1) is 15.5. The van der Waals surface area contributed by atoms with Gasteiger partial charge in [-0.2, -0.15) is 0 Å². The molecule has 0 bridgehead atoms. The summed E-state index contributed by atoms with van der Waals surface area (Å²) in [6.45, 7) is 0.367. The number of fused-ring (bicyclic) bond motifs is 1. The fourth-order valence-corrected chi connectivity index (χ4v) is 4.53. The minimum Gasteiger partial charge on any atom is -0.454 e. The standard InChI is InChI=1S/C22H19FN4O4S/c1-26-7-6-24-22(26)32-19-5-2-14(23)9-16(19)25-21(29)13-8-20(28)27(11-13)15-3-4-17-18(10-15)31-12-30-17/h2-7,9-10,13H,8,11-12H2,1H3,(H,25,29). The predicted molar refractivity (Wildman–Crippen MR) is 115 cm³/mol. The van der Waals surface area contributed by atoms with Gasteiger partial charge >= 0.3 is 0 Å². The van der Waals surface area contributed by atoms with E-state index in [1.54, 1.807) is 41.6 Å². The molecular formula is C22H19FN4O4S. The van der Waals surface area contributed by atoms with Crippen LogP contribution in [0.5, 0.6) is 11.5 Å². The number of anilines is 2. The molecule has 164 valence electrons. The number of benzene rings is 2. The van der Waals surface area contributed by atoms with E-state index in [0.29, 0.717) is 32.9 Å². The third-order valence-electron chi connectivity index (χ3n) is 5.34. The summed E-state index contributed by atoms with van der Waals surface area (Å²) < 4.78 is 26.4. The molecule has 3 heterocycles. The van der Waals surface area contributed by atoms with Gasteiger partial charge in [0, 0.05) is 49.1 Å². The number of nitrogens with one attached hydrogen (secondary N) is 1. The van der Waals surface area contributed by atoms with Gasteiger partial charge in [-0.1, -0.05) is 0 Å². The molecule has 10 heteroatoms. The molecule has 0 aliphatic carbocycles. The number of aryl methyl sites for hydroxylation is 1. The summed E-state index contributed by atoms with van der Waals surface area (Å²) in [4.78, 5) is 32.1. The van der Waals surface area contributed by atoms with E-state index in [1.807, 2.05) is 11.6 Å². The van der Waals surface area contributed by atoms with Crippen molar-refractivity contribution in [3.8, 4) is 11.5 Å². The molecule has 0 saturated carbocycles. The zero-order valence-electron chi connectivity index (χ0n) is 17.1. The van der Waals surface area contributed by atoms with E-state index in [0.717, 1.165) is 0 Å². The number of halogens is 1. The van der Waals surface area contributed by atoms with E-state index < -0.39 is 11.7 Å². The molecule has 2 aromatic carbocycles. The average molecular weight is 454 g/mol. The van der Waals surface area contributed by atoms with Crippen LogP contribution < -0.4 is 19.7 Å². The number of ether oxygens (including phenoxy) is 2. The normalized spacial score (nSPS) is 17.1. The van der Waals surface area contributed by atoms with E-state index in [2.05, 4.69) is 10.3 Å². The van der Waals surface area contributed by atoms with Crippen molar-refractivity contribution in [3.63, 3.8) is 0 Å². The topological polar surface area (TPSA) is 85.7 Å². The molecule has 32 heavy (non-hydrogen) atoms. The molecule has 1 aromatic heterocycles. The van der Waals surface area contributed by atoms with Crippen LogP contribution in [0.25, 0.3) is 0 Å². The molecule has 2 aliphatic rings. The summed E-state index contributed by atoms with van der Waals surface area (Å²) in [7, 11) is 1.85. The average Bonchev–Trinajstić information content (AvgIpc) is 3.49. The molecule has 0 radical (unpaired) electrons. The smallest absolute Gasteiger partial charge is 0.231 e. The molecule has 8 nitrogen and oxygen atoms in total. The van der Waals surface area contributed by atoms with Gasteiger partial charge in [0.25, 0.3) is 0 Å². The third kappa shape index (κ3) is 3.89. The fraction of sp³-hybridized carbons (Fsp3) is 0.227. The summed E-state index contributed by atoms with van der Waals surface area (Å²) in [5.41, 5.74) is 0.989. The lowest BCUT2D eigenvalue weighted by molar-refractivity contribution is -0.122. The zero-order valence-corrected chi connectivity index (χ0v) is 17.9. The molecule has 1 N–H and O–H groups in total. The van der Waals surface area contributed by atoms with Crippen LogP contribution in [-0.4, -0.2) is 34.7 Å². The highest BCUT2D eigenvalue weighted by Gasteiger charge is 2.36. The quantitative estimate of drug-likeness (QED) is 0.636. The number of nitrogens with zero attached hydrogens (tertiary/aromatic N) is 3. The number of hydrogen-bond donors (Lipinski definition) is 1. The highest BCUT2D eigenvalue weighted by molar-refractivity contribution is 7.99. The molecule has 1 unspecified atom stereocenters. The van der Waals surface area contributed by atoms with Gasteiger partial charge in [0.15, 0.2) is 16.7 Å². The first-order valence-corrected chi connectivity index (χ1v) is 10.7. The van der Waals surface area contributed by atoms with Crippen molar-refractivity contribution in [2.24, 2.45) is 13.0 Å². The number of aromatic nitrogens is 2. The number of imidazole rings is 1. The van der Waals surface area contributed by atoms with E-state index >= 15 is 0 Å². The minimum absolute atomic E-state index is 0.0669. The van der Waals surface area contributed by atoms with Crippen molar-refractivity contribution in [1.82, 2.24) is 9.55 Å². The second-order valence-electron chi connectivity index (χ2n) is 7.50. The third-order valence-corrected chi connectivity index (χ3v) is 6.49. The van der Waals surface area contributed by atoms with Gasteiger partial charge in [0.2, 0.25) is 18.6 Å². The first kappa shape index (κ1) is 20.4. The van der Waals surface area contributed by atoms with Gasteiger partial charge in [-0.15, -0.1) is 0 Å². The summed E-state index contributed by atoms with van der Waals surface area (Å²) in [5.74, 6) is -0.339. The number of amides is 2. The maximum Gasteiger partial charge on any atom is 0.231 e. The van der Waals surface area contributed by atoms with E-state index in [1.165, 1.54) is 23.9 Å². The summed E-state index contributed by atoms with van der Waals surface area (Å²) in [6.07, 6.45) is 3.54. The number of rotatable bonds is 5. The Morgan fingerprint density at radius 3 is 2.88 bits per heavy atom. The summed E-state index contributed by atoms with van der Waals surface area (Å²) in [5, 5.41) is 3.50. The lowest BCUT2D eigenvalue weighted by Gasteiger charge is -2.17. The Bertz CT molecular complexity index is 1210.